The summed E-state index contributed by atoms with van der Waals surface area (Å²) < 4.78 is 4.68. The molecule has 0 aliphatic carbocycles. The van der Waals surface area contributed by atoms with Gasteiger partial charge in [-0.2, -0.15) is 0 Å². The summed E-state index contributed by atoms with van der Waals surface area (Å²) >= 11 is 0. The van der Waals surface area contributed by atoms with E-state index in [1.807, 2.05) is 6.07 Å². The van der Waals surface area contributed by atoms with Crippen LogP contribution >= 0.6 is 0 Å². The molecule has 0 bridgehead atoms. The highest BCUT2D eigenvalue weighted by molar-refractivity contribution is 6.11. The van der Waals surface area contributed by atoms with Crippen LogP contribution in [0.25, 0.3) is 111 Å². The van der Waals surface area contributed by atoms with Crippen molar-refractivity contribution in [3.05, 3.63) is 224 Å². The van der Waals surface area contributed by atoms with E-state index < -0.39 is 0 Å². The zero-order valence-electron chi connectivity index (χ0n) is 33.6. The summed E-state index contributed by atoms with van der Waals surface area (Å²) in [5, 5.41) is 4.73. The van der Waals surface area contributed by atoms with Gasteiger partial charge in [-0.25, -0.2) is 15.0 Å². The molecule has 0 aliphatic rings. The molecule has 0 N–H and O–H groups in total. The third-order valence-electron chi connectivity index (χ3n) is 12.0. The fourth-order valence-electron chi connectivity index (χ4n) is 9.04. The van der Waals surface area contributed by atoms with Crippen molar-refractivity contribution < 1.29 is 0 Å². The van der Waals surface area contributed by atoms with E-state index in [1.165, 1.54) is 27.3 Å². The second-order valence-corrected chi connectivity index (χ2v) is 15.7. The summed E-state index contributed by atoms with van der Waals surface area (Å²) in [6.07, 6.45) is 0. The number of rotatable bonds is 7. The predicted octanol–water partition coefficient (Wildman–Crippen LogP) is 14.4. The first-order valence-electron chi connectivity index (χ1n) is 20.9. The number of hydrogen-bond donors (Lipinski definition) is 0. The minimum absolute atomic E-state index is 0.607. The molecular weight excluding hydrogens is 755 g/mol. The Kier molecular flexibility index (Phi) is 8.42. The molecule has 0 unspecified atom stereocenters. The van der Waals surface area contributed by atoms with E-state index in [0.29, 0.717) is 17.5 Å². The van der Waals surface area contributed by atoms with Crippen LogP contribution in [-0.4, -0.2) is 24.1 Å². The number of fused-ring (bicyclic) bond motifs is 6. The lowest BCUT2D eigenvalue weighted by molar-refractivity contribution is 1.07. The van der Waals surface area contributed by atoms with Gasteiger partial charge in [0.1, 0.15) is 0 Å². The van der Waals surface area contributed by atoms with Gasteiger partial charge in [0.2, 0.25) is 0 Å². The van der Waals surface area contributed by atoms with Gasteiger partial charge >= 0.3 is 0 Å². The maximum absolute atomic E-state index is 5.29. The van der Waals surface area contributed by atoms with E-state index >= 15 is 0 Å². The molecule has 0 amide bonds. The monoisotopic (exact) mass is 791 g/mol. The second-order valence-electron chi connectivity index (χ2n) is 15.7. The molecule has 0 spiro atoms. The summed E-state index contributed by atoms with van der Waals surface area (Å²) in [5.41, 5.74) is 14.1. The molecule has 0 saturated heterocycles. The van der Waals surface area contributed by atoms with Crippen molar-refractivity contribution in [3.63, 3.8) is 0 Å². The highest BCUT2D eigenvalue weighted by atomic mass is 15.0. The molecule has 0 saturated carbocycles. The third-order valence-corrected chi connectivity index (χ3v) is 12.0. The lowest BCUT2D eigenvalue weighted by atomic mass is 10.0. The van der Waals surface area contributed by atoms with Crippen LogP contribution in [0.5, 0.6) is 0 Å². The van der Waals surface area contributed by atoms with Crippen molar-refractivity contribution in [1.82, 2.24) is 24.1 Å². The van der Waals surface area contributed by atoms with Gasteiger partial charge in [-0.15, -0.1) is 0 Å². The van der Waals surface area contributed by atoms with Crippen molar-refractivity contribution >= 4 is 43.6 Å². The number of benzene rings is 9. The Morgan fingerprint density at radius 3 is 1.19 bits per heavy atom. The summed E-state index contributed by atoms with van der Waals surface area (Å²) in [7, 11) is 0. The molecule has 12 rings (SSSR count). The molecule has 5 nitrogen and oxygen atoms in total. The summed E-state index contributed by atoms with van der Waals surface area (Å²) in [6.45, 7) is 0. The van der Waals surface area contributed by atoms with Crippen molar-refractivity contribution in [2.24, 2.45) is 0 Å². The largest absolute Gasteiger partial charge is 0.309 e. The Morgan fingerprint density at radius 2 is 0.597 bits per heavy atom. The van der Waals surface area contributed by atoms with Gasteiger partial charge in [0.25, 0.3) is 0 Å². The first kappa shape index (κ1) is 35.5. The van der Waals surface area contributed by atoms with Crippen LogP contribution in [0.1, 0.15) is 0 Å². The summed E-state index contributed by atoms with van der Waals surface area (Å²) in [5.74, 6) is 1.84. The molecular formula is C57H37N5. The highest BCUT2D eigenvalue weighted by Gasteiger charge is 2.19. The SMILES string of the molecule is c1ccc(-c2cccc(-c3nc(-c4cccc(-n5c6ccccc6c6cc(-c7ccccc7)ccc65)c4)nc(-c4ccc5c(c4)c4ccccc4n5-c4ccccc4)n3)c2)cc1. The zero-order chi connectivity index (χ0) is 41.0. The van der Waals surface area contributed by atoms with Crippen LogP contribution in [0.15, 0.2) is 224 Å². The van der Waals surface area contributed by atoms with Crippen LogP contribution in [0.3, 0.4) is 0 Å². The molecule has 9 aromatic carbocycles. The molecule has 3 heterocycles. The zero-order valence-corrected chi connectivity index (χ0v) is 33.6. The highest BCUT2D eigenvalue weighted by Crippen LogP contribution is 2.38. The van der Waals surface area contributed by atoms with E-state index in [4.69, 9.17) is 15.0 Å². The van der Waals surface area contributed by atoms with Gasteiger partial charge in [-0.3, -0.25) is 0 Å². The predicted molar refractivity (Wildman–Crippen MR) is 256 cm³/mol. The van der Waals surface area contributed by atoms with Gasteiger partial charge < -0.3 is 9.13 Å². The van der Waals surface area contributed by atoms with Gasteiger partial charge in [-0.05, 0) is 95.1 Å². The van der Waals surface area contributed by atoms with E-state index in [0.717, 1.165) is 66.6 Å². The van der Waals surface area contributed by atoms with Gasteiger partial charge in [-0.1, -0.05) is 152 Å². The lowest BCUT2D eigenvalue weighted by Crippen LogP contribution is -2.01. The maximum Gasteiger partial charge on any atom is 0.164 e. The number of aromatic nitrogens is 5. The third kappa shape index (κ3) is 6.06. The van der Waals surface area contributed by atoms with Crippen molar-refractivity contribution in [1.29, 1.82) is 0 Å². The topological polar surface area (TPSA) is 48.5 Å². The van der Waals surface area contributed by atoms with Crippen molar-refractivity contribution in [3.8, 4) is 67.8 Å². The molecule has 290 valence electrons. The Hall–Kier alpha value is -8.41. The fraction of sp³-hybridized carbons (Fsp3) is 0. The molecule has 0 atom stereocenters. The van der Waals surface area contributed by atoms with Crippen LogP contribution in [0, 0.1) is 0 Å². The van der Waals surface area contributed by atoms with Crippen LogP contribution in [0.2, 0.25) is 0 Å². The van der Waals surface area contributed by atoms with Crippen molar-refractivity contribution in [2.75, 3.05) is 0 Å². The minimum Gasteiger partial charge on any atom is -0.309 e. The van der Waals surface area contributed by atoms with Gasteiger partial charge in [0.05, 0.1) is 22.1 Å². The Morgan fingerprint density at radius 1 is 0.226 bits per heavy atom. The van der Waals surface area contributed by atoms with E-state index in [1.54, 1.807) is 0 Å². The first-order chi connectivity index (χ1) is 30.7. The summed E-state index contributed by atoms with van der Waals surface area (Å²) in [4.78, 5) is 15.8. The maximum atomic E-state index is 5.29. The van der Waals surface area contributed by atoms with E-state index in [-0.39, 0.29) is 0 Å². The van der Waals surface area contributed by atoms with Crippen LogP contribution < -0.4 is 0 Å². The quantitative estimate of drug-likeness (QED) is 0.162. The molecule has 0 fully saturated rings. The van der Waals surface area contributed by atoms with Crippen LogP contribution in [0.4, 0.5) is 0 Å². The second kappa shape index (κ2) is 14.7. The molecule has 3 aromatic heterocycles. The Labute approximate surface area is 358 Å². The number of hydrogen-bond acceptors (Lipinski definition) is 3. The number of nitrogens with zero attached hydrogens (tertiary/aromatic N) is 5. The molecule has 62 heavy (non-hydrogen) atoms. The van der Waals surface area contributed by atoms with Gasteiger partial charge in [0, 0.05) is 49.6 Å². The van der Waals surface area contributed by atoms with Gasteiger partial charge in [0.15, 0.2) is 17.5 Å². The standard InChI is InChI=1S/C57H37N5/c1-4-16-38(17-5-1)40-20-14-21-42(34-40)55-58-56(60-57(59-55)44-31-33-53-50(37-44)48-27-10-12-28-51(48)61(53)45-23-8-3-9-24-45)43-22-15-25-46(35-43)62-52-29-13-11-26-47(52)49-36-41(30-32-54(49)62)39-18-6-2-7-19-39/h1-37H. The van der Waals surface area contributed by atoms with E-state index in [9.17, 15) is 0 Å². The molecule has 5 heteroatoms. The normalized spacial score (nSPS) is 11.5. The summed E-state index contributed by atoms with van der Waals surface area (Å²) in [6, 6.07) is 79.2. The van der Waals surface area contributed by atoms with Crippen LogP contribution in [-0.2, 0) is 0 Å². The molecule has 12 aromatic rings. The van der Waals surface area contributed by atoms with E-state index in [2.05, 4.69) is 228 Å². The molecule has 0 aliphatic heterocycles. The fourth-order valence-corrected chi connectivity index (χ4v) is 9.04. The van der Waals surface area contributed by atoms with Crippen molar-refractivity contribution in [2.45, 2.75) is 0 Å². The molecule has 0 radical (unpaired) electrons. The lowest BCUT2D eigenvalue weighted by Gasteiger charge is -2.12. The first-order valence-corrected chi connectivity index (χ1v) is 20.9. The minimum atomic E-state index is 0.607. The average molecular weight is 792 g/mol. The number of para-hydroxylation sites is 3. The average Bonchev–Trinajstić information content (AvgIpc) is 3.87. The Balaban J connectivity index is 1.04. The smallest absolute Gasteiger partial charge is 0.164 e. The Bertz CT molecular complexity index is 3620.